The number of rotatable bonds is 13. The van der Waals surface area contributed by atoms with E-state index in [1.807, 2.05) is 0 Å². The topological polar surface area (TPSA) is 22.9 Å². The highest BCUT2D eigenvalue weighted by Crippen LogP contribution is 2.43. The molecule has 0 atom stereocenters. The summed E-state index contributed by atoms with van der Waals surface area (Å²) in [5, 5.41) is 2.28. The first-order valence-electron chi connectivity index (χ1n) is 24.0. The zero-order chi connectivity index (χ0) is 46.9. The Morgan fingerprint density at radius 3 is 1.31 bits per heavy atom. The van der Waals surface area contributed by atoms with E-state index in [1.54, 1.807) is 0 Å². The molecule has 1 aromatic heterocycles. The fraction of sp³-hybridized carbons (Fsp3) is 0.156. The molecule has 0 saturated carbocycles. The molecule has 0 saturated heterocycles. The highest BCUT2D eigenvalue weighted by atomic mass is 16.3. The molecule has 4 nitrogen and oxygen atoms in total. The number of aryl methyl sites for hydroxylation is 7. The van der Waals surface area contributed by atoms with Crippen LogP contribution in [0.15, 0.2) is 199 Å². The number of fused-ring (bicyclic) bond motifs is 3. The first kappa shape index (κ1) is 44.0. The lowest BCUT2D eigenvalue weighted by atomic mass is 10.0. The molecule has 9 aromatic carbocycles. The molecule has 0 aliphatic heterocycles. The van der Waals surface area contributed by atoms with Crippen molar-refractivity contribution in [2.75, 3.05) is 14.7 Å². The summed E-state index contributed by atoms with van der Waals surface area (Å²) >= 11 is 0. The van der Waals surface area contributed by atoms with Crippen LogP contribution < -0.4 is 14.7 Å². The Morgan fingerprint density at radius 1 is 0.338 bits per heavy atom. The number of anilines is 9. The monoisotopic (exact) mass is 885 g/mol. The van der Waals surface area contributed by atoms with Crippen LogP contribution in [0.1, 0.15) is 58.7 Å². The minimum Gasteiger partial charge on any atom is -0.456 e. The van der Waals surface area contributed by atoms with E-state index in [2.05, 4.69) is 257 Å². The van der Waals surface area contributed by atoms with Gasteiger partial charge >= 0.3 is 0 Å². The quantitative estimate of drug-likeness (QED) is 0.115. The van der Waals surface area contributed by atoms with Gasteiger partial charge in [0, 0.05) is 68.0 Å². The molecule has 0 spiro atoms. The molecule has 336 valence electrons. The zero-order valence-electron chi connectivity index (χ0n) is 40.3. The average Bonchev–Trinajstić information content (AvgIpc) is 3.72. The van der Waals surface area contributed by atoms with Gasteiger partial charge in [0.2, 0.25) is 0 Å². The molecular formula is C64H59N3O. The number of furan rings is 1. The van der Waals surface area contributed by atoms with Crippen LogP contribution in [-0.4, -0.2) is 0 Å². The Bertz CT molecular complexity index is 3360. The Morgan fingerprint density at radius 2 is 0.765 bits per heavy atom. The molecule has 10 aromatic rings. The fourth-order valence-corrected chi connectivity index (χ4v) is 9.55. The summed E-state index contributed by atoms with van der Waals surface area (Å²) in [5.41, 5.74) is 22.8. The summed E-state index contributed by atoms with van der Waals surface area (Å²) < 4.78 is 6.65. The second-order valence-electron chi connectivity index (χ2n) is 18.6. The predicted octanol–water partition coefficient (Wildman–Crippen LogP) is 18.9. The number of unbranched alkanes of at least 4 members (excludes halogenated alkanes) is 1. The Kier molecular flexibility index (Phi) is 12.2. The van der Waals surface area contributed by atoms with Crippen molar-refractivity contribution < 1.29 is 4.42 Å². The third kappa shape index (κ3) is 8.90. The van der Waals surface area contributed by atoms with Gasteiger partial charge in [-0.15, -0.1) is 0 Å². The van der Waals surface area contributed by atoms with Crippen molar-refractivity contribution in [3.8, 4) is 11.1 Å². The largest absolute Gasteiger partial charge is 0.456 e. The maximum atomic E-state index is 6.65. The van der Waals surface area contributed by atoms with Crippen LogP contribution in [0.3, 0.4) is 0 Å². The molecule has 0 N–H and O–H groups in total. The van der Waals surface area contributed by atoms with Gasteiger partial charge in [0.05, 0.1) is 0 Å². The van der Waals surface area contributed by atoms with Gasteiger partial charge in [-0.2, -0.15) is 0 Å². The smallest absolute Gasteiger partial charge is 0.137 e. The molecule has 0 bridgehead atoms. The SMILES string of the molecule is CCCCc1ccc2c(c1)oc1cc(N(c3ccc(-c4ccc(N(c5ccc(C)cc5)c5ccc(C)cc5C)cc4)cc3)c3ccc(N(c4ccc(C)cc4)c4cc(C)ccc4C)cc3)ccc12. The second kappa shape index (κ2) is 18.8. The predicted molar refractivity (Wildman–Crippen MR) is 290 cm³/mol. The van der Waals surface area contributed by atoms with Crippen molar-refractivity contribution >= 4 is 73.1 Å². The molecule has 0 fully saturated rings. The fourth-order valence-electron chi connectivity index (χ4n) is 9.55. The zero-order valence-corrected chi connectivity index (χ0v) is 40.3. The third-order valence-electron chi connectivity index (χ3n) is 13.3. The van der Waals surface area contributed by atoms with Crippen molar-refractivity contribution in [1.82, 2.24) is 0 Å². The van der Waals surface area contributed by atoms with E-state index in [1.165, 1.54) is 63.2 Å². The Balaban J connectivity index is 1.03. The van der Waals surface area contributed by atoms with E-state index in [0.29, 0.717) is 0 Å². The molecular weight excluding hydrogens is 827 g/mol. The number of hydrogen-bond donors (Lipinski definition) is 0. The lowest BCUT2D eigenvalue weighted by Crippen LogP contribution is -2.13. The van der Waals surface area contributed by atoms with Gasteiger partial charge in [-0.3, -0.25) is 0 Å². The maximum absolute atomic E-state index is 6.65. The van der Waals surface area contributed by atoms with Crippen LogP contribution in [0.25, 0.3) is 33.1 Å². The van der Waals surface area contributed by atoms with E-state index >= 15 is 0 Å². The lowest BCUT2D eigenvalue weighted by molar-refractivity contribution is 0.667. The van der Waals surface area contributed by atoms with Crippen LogP contribution in [0.5, 0.6) is 0 Å². The van der Waals surface area contributed by atoms with Gasteiger partial charge < -0.3 is 19.1 Å². The van der Waals surface area contributed by atoms with Gasteiger partial charge in [-0.25, -0.2) is 0 Å². The number of nitrogens with zero attached hydrogens (tertiary/aromatic N) is 3. The first-order valence-corrected chi connectivity index (χ1v) is 24.0. The Labute approximate surface area is 402 Å². The highest BCUT2D eigenvalue weighted by molar-refractivity contribution is 6.06. The van der Waals surface area contributed by atoms with Crippen LogP contribution >= 0.6 is 0 Å². The molecule has 0 aliphatic rings. The van der Waals surface area contributed by atoms with Crippen molar-refractivity contribution in [3.63, 3.8) is 0 Å². The molecule has 0 unspecified atom stereocenters. The maximum Gasteiger partial charge on any atom is 0.137 e. The molecule has 4 heteroatoms. The van der Waals surface area contributed by atoms with Crippen LogP contribution in [0.2, 0.25) is 0 Å². The van der Waals surface area contributed by atoms with E-state index < -0.39 is 0 Å². The summed E-state index contributed by atoms with van der Waals surface area (Å²) in [4.78, 5) is 7.07. The minimum atomic E-state index is 0.879. The molecule has 10 rings (SSSR count). The van der Waals surface area contributed by atoms with E-state index in [4.69, 9.17) is 4.42 Å². The molecule has 0 aliphatic carbocycles. The number of hydrogen-bond acceptors (Lipinski definition) is 4. The number of benzene rings is 9. The standard InChI is InChI=1S/C64H59N3O/c1-8-9-10-49-18-36-59-60-37-35-58(42-64(60)68-63(59)41-49)65(53-31-33-57(34-32-53)67(55-25-14-44(3)15-26-55)62-40-46(5)11-17-47(62)6)52-27-19-50(20-28-52)51-21-29-56(30-22-51)66(54-23-12-43(2)13-24-54)61-38-16-45(4)39-48(61)7/h11-42H,8-10H2,1-7H3. The van der Waals surface area contributed by atoms with Crippen LogP contribution in [0.4, 0.5) is 51.2 Å². The van der Waals surface area contributed by atoms with Crippen molar-refractivity contribution in [1.29, 1.82) is 0 Å². The summed E-state index contributed by atoms with van der Waals surface area (Å²) in [6, 6.07) is 71.2. The van der Waals surface area contributed by atoms with Gasteiger partial charge in [0.25, 0.3) is 0 Å². The Hall–Kier alpha value is -7.82. The molecule has 1 heterocycles. The summed E-state index contributed by atoms with van der Waals surface area (Å²) in [7, 11) is 0. The van der Waals surface area contributed by atoms with Gasteiger partial charge in [-0.05, 0) is 191 Å². The van der Waals surface area contributed by atoms with Crippen LogP contribution in [0, 0.1) is 41.5 Å². The second-order valence-corrected chi connectivity index (χ2v) is 18.6. The summed E-state index contributed by atoms with van der Waals surface area (Å²) in [6.45, 7) is 15.2. The van der Waals surface area contributed by atoms with E-state index in [-0.39, 0.29) is 0 Å². The van der Waals surface area contributed by atoms with E-state index in [0.717, 1.165) is 79.3 Å². The summed E-state index contributed by atoms with van der Waals surface area (Å²) in [6.07, 6.45) is 3.40. The van der Waals surface area contributed by atoms with Crippen molar-refractivity contribution in [2.24, 2.45) is 0 Å². The first-order chi connectivity index (χ1) is 33.1. The van der Waals surface area contributed by atoms with E-state index in [9.17, 15) is 0 Å². The van der Waals surface area contributed by atoms with Crippen molar-refractivity contribution in [2.45, 2.75) is 67.7 Å². The molecule has 68 heavy (non-hydrogen) atoms. The molecule has 0 amide bonds. The van der Waals surface area contributed by atoms with Gasteiger partial charge in [0.1, 0.15) is 11.2 Å². The highest BCUT2D eigenvalue weighted by Gasteiger charge is 2.20. The lowest BCUT2D eigenvalue weighted by Gasteiger charge is -2.29. The molecule has 0 radical (unpaired) electrons. The summed E-state index contributed by atoms with van der Waals surface area (Å²) in [5.74, 6) is 0. The van der Waals surface area contributed by atoms with Crippen LogP contribution in [-0.2, 0) is 6.42 Å². The van der Waals surface area contributed by atoms with Crippen molar-refractivity contribution in [3.05, 3.63) is 233 Å². The minimum absolute atomic E-state index is 0.879. The van der Waals surface area contributed by atoms with Gasteiger partial charge in [-0.1, -0.05) is 115 Å². The normalized spacial score (nSPS) is 11.3. The average molecular weight is 886 g/mol. The third-order valence-corrected chi connectivity index (χ3v) is 13.3. The van der Waals surface area contributed by atoms with Gasteiger partial charge in [0.15, 0.2) is 0 Å².